The summed E-state index contributed by atoms with van der Waals surface area (Å²) in [7, 11) is 0. The predicted octanol–water partition coefficient (Wildman–Crippen LogP) is 3.02. The molecule has 0 fully saturated rings. The van der Waals surface area contributed by atoms with Crippen LogP contribution in [0.4, 0.5) is 0 Å². The lowest BCUT2D eigenvalue weighted by Crippen LogP contribution is -2.38. The molecular weight excluding hydrogens is 236 g/mol. The van der Waals surface area contributed by atoms with Crippen LogP contribution in [0.2, 0.25) is 0 Å². The smallest absolute Gasteiger partial charge is 0.225 e. The maximum atomic E-state index is 12.1. The summed E-state index contributed by atoms with van der Waals surface area (Å²) in [5.74, 6) is 0.327. The van der Waals surface area contributed by atoms with E-state index in [0.717, 1.165) is 19.5 Å². The van der Waals surface area contributed by atoms with Crippen molar-refractivity contribution in [1.82, 2.24) is 9.88 Å². The molecule has 1 aromatic carbocycles. The molecule has 2 aromatic rings. The molecule has 0 radical (unpaired) electrons. The van der Waals surface area contributed by atoms with Crippen LogP contribution in [0.1, 0.15) is 30.7 Å². The van der Waals surface area contributed by atoms with Gasteiger partial charge in [0, 0.05) is 29.1 Å². The van der Waals surface area contributed by atoms with Crippen LogP contribution in [-0.2, 0) is 17.8 Å². The van der Waals surface area contributed by atoms with Gasteiger partial charge in [0.15, 0.2) is 0 Å². The Labute approximate surface area is 113 Å². The van der Waals surface area contributed by atoms with Crippen molar-refractivity contribution < 1.29 is 4.79 Å². The second-order valence-corrected chi connectivity index (χ2v) is 5.80. The van der Waals surface area contributed by atoms with Crippen molar-refractivity contribution in [3.63, 3.8) is 0 Å². The molecule has 0 atom stereocenters. The fourth-order valence-electron chi connectivity index (χ4n) is 2.91. The van der Waals surface area contributed by atoms with Gasteiger partial charge in [-0.3, -0.25) is 4.79 Å². The first-order valence-corrected chi connectivity index (χ1v) is 6.95. The lowest BCUT2D eigenvalue weighted by molar-refractivity contribution is -0.135. The molecule has 3 heteroatoms. The van der Waals surface area contributed by atoms with Crippen molar-refractivity contribution >= 4 is 16.8 Å². The Kier molecular flexibility index (Phi) is 2.85. The zero-order chi connectivity index (χ0) is 13.6. The molecule has 0 spiro atoms. The molecular formula is C16H20N2O. The van der Waals surface area contributed by atoms with Gasteiger partial charge in [0.05, 0.1) is 6.54 Å². The highest BCUT2D eigenvalue weighted by Gasteiger charge is 2.25. The van der Waals surface area contributed by atoms with Gasteiger partial charge in [0.2, 0.25) is 5.91 Å². The van der Waals surface area contributed by atoms with E-state index in [0.29, 0.717) is 0 Å². The van der Waals surface area contributed by atoms with Crippen molar-refractivity contribution in [2.45, 2.75) is 33.7 Å². The zero-order valence-corrected chi connectivity index (χ0v) is 11.8. The molecule has 1 aliphatic heterocycles. The second-order valence-electron chi connectivity index (χ2n) is 5.80. The minimum Gasteiger partial charge on any atom is -0.357 e. The van der Waals surface area contributed by atoms with Crippen molar-refractivity contribution in [3.8, 4) is 0 Å². The van der Waals surface area contributed by atoms with Crippen molar-refractivity contribution in [2.24, 2.45) is 5.92 Å². The van der Waals surface area contributed by atoms with Gasteiger partial charge in [-0.2, -0.15) is 0 Å². The predicted molar refractivity (Wildman–Crippen MR) is 77.0 cm³/mol. The van der Waals surface area contributed by atoms with Crippen LogP contribution >= 0.6 is 0 Å². The number of fused-ring (bicyclic) bond motifs is 3. The van der Waals surface area contributed by atoms with Gasteiger partial charge in [-0.15, -0.1) is 0 Å². The van der Waals surface area contributed by atoms with E-state index in [1.807, 2.05) is 18.7 Å². The third-order valence-electron chi connectivity index (χ3n) is 3.94. The van der Waals surface area contributed by atoms with Crippen molar-refractivity contribution in [1.29, 1.82) is 0 Å². The summed E-state index contributed by atoms with van der Waals surface area (Å²) in [6, 6.07) is 6.50. The molecule has 0 bridgehead atoms. The number of H-pyrrole nitrogens is 1. The van der Waals surface area contributed by atoms with E-state index < -0.39 is 0 Å². The van der Waals surface area contributed by atoms with Crippen LogP contribution < -0.4 is 0 Å². The highest BCUT2D eigenvalue weighted by molar-refractivity contribution is 5.86. The molecule has 3 rings (SSSR count). The quantitative estimate of drug-likeness (QED) is 0.836. The number of aryl methyl sites for hydroxylation is 1. The van der Waals surface area contributed by atoms with Crippen LogP contribution in [0.3, 0.4) is 0 Å². The monoisotopic (exact) mass is 256 g/mol. The van der Waals surface area contributed by atoms with E-state index >= 15 is 0 Å². The Bertz CT molecular complexity index is 639. The van der Waals surface area contributed by atoms with E-state index in [9.17, 15) is 4.79 Å². The largest absolute Gasteiger partial charge is 0.357 e. The number of aromatic nitrogens is 1. The molecule has 2 heterocycles. The van der Waals surface area contributed by atoms with E-state index in [2.05, 4.69) is 30.1 Å². The van der Waals surface area contributed by atoms with E-state index in [1.165, 1.54) is 27.7 Å². The van der Waals surface area contributed by atoms with Gasteiger partial charge in [-0.05, 0) is 31.0 Å². The first-order chi connectivity index (χ1) is 9.06. The summed E-state index contributed by atoms with van der Waals surface area (Å²) in [4.78, 5) is 17.5. The molecule has 100 valence electrons. The van der Waals surface area contributed by atoms with Gasteiger partial charge in [0.1, 0.15) is 0 Å². The van der Waals surface area contributed by atoms with Gasteiger partial charge < -0.3 is 9.88 Å². The van der Waals surface area contributed by atoms with Crippen LogP contribution in [0.25, 0.3) is 10.9 Å². The van der Waals surface area contributed by atoms with Gasteiger partial charge in [0.25, 0.3) is 0 Å². The summed E-state index contributed by atoms with van der Waals surface area (Å²) in [5, 5.41) is 1.33. The van der Waals surface area contributed by atoms with Crippen LogP contribution in [-0.4, -0.2) is 22.3 Å². The number of benzene rings is 1. The van der Waals surface area contributed by atoms with Crippen molar-refractivity contribution in [3.05, 3.63) is 35.0 Å². The number of nitrogens with zero attached hydrogens (tertiary/aromatic N) is 1. The molecule has 0 saturated heterocycles. The Hall–Kier alpha value is -1.77. The minimum absolute atomic E-state index is 0.0770. The summed E-state index contributed by atoms with van der Waals surface area (Å²) in [6.07, 6.45) is 0.956. The fourth-order valence-corrected chi connectivity index (χ4v) is 2.91. The number of rotatable bonds is 1. The molecule has 19 heavy (non-hydrogen) atoms. The number of amides is 1. The molecule has 0 aliphatic carbocycles. The highest BCUT2D eigenvalue weighted by Crippen LogP contribution is 2.28. The average Bonchev–Trinajstić information content (AvgIpc) is 2.74. The van der Waals surface area contributed by atoms with E-state index in [4.69, 9.17) is 0 Å². The van der Waals surface area contributed by atoms with Gasteiger partial charge >= 0.3 is 0 Å². The third kappa shape index (κ3) is 2.03. The third-order valence-corrected chi connectivity index (χ3v) is 3.94. The first-order valence-electron chi connectivity index (χ1n) is 6.95. The molecule has 1 N–H and O–H groups in total. The van der Waals surface area contributed by atoms with Crippen molar-refractivity contribution in [2.75, 3.05) is 6.54 Å². The molecule has 3 nitrogen and oxygen atoms in total. The molecule has 0 unspecified atom stereocenters. The van der Waals surface area contributed by atoms with Gasteiger partial charge in [-0.1, -0.05) is 25.5 Å². The first kappa shape index (κ1) is 12.3. The van der Waals surface area contributed by atoms with Gasteiger partial charge in [-0.25, -0.2) is 0 Å². The van der Waals surface area contributed by atoms with Crippen LogP contribution in [0, 0.1) is 12.8 Å². The topological polar surface area (TPSA) is 36.1 Å². The summed E-state index contributed by atoms with van der Waals surface area (Å²) >= 11 is 0. The van der Waals surface area contributed by atoms with E-state index in [-0.39, 0.29) is 11.8 Å². The fraction of sp³-hybridized carbons (Fsp3) is 0.438. The van der Waals surface area contributed by atoms with Crippen LogP contribution in [0.15, 0.2) is 18.2 Å². The maximum absolute atomic E-state index is 12.1. The molecule has 1 amide bonds. The zero-order valence-electron chi connectivity index (χ0n) is 11.8. The normalized spacial score (nSPS) is 15.1. The molecule has 0 saturated carbocycles. The number of carbonyl (C=O) groups is 1. The number of nitrogens with one attached hydrogen (secondary N) is 1. The number of carbonyl (C=O) groups excluding carboxylic acids is 1. The van der Waals surface area contributed by atoms with Crippen LogP contribution in [0.5, 0.6) is 0 Å². The van der Waals surface area contributed by atoms with E-state index in [1.54, 1.807) is 0 Å². The minimum atomic E-state index is 0.0770. The number of aromatic amines is 1. The number of hydrogen-bond donors (Lipinski definition) is 1. The SMILES string of the molecule is Cc1ccc2[nH]c3c(c2c1)CCN(C(=O)C(C)C)C3. The lowest BCUT2D eigenvalue weighted by atomic mass is 10.0. The summed E-state index contributed by atoms with van der Waals surface area (Å²) < 4.78 is 0. The standard InChI is InChI=1S/C16H20N2O/c1-10(2)16(19)18-7-6-12-13-8-11(3)4-5-14(13)17-15(12)9-18/h4-5,8,10,17H,6-7,9H2,1-3H3. The Morgan fingerprint density at radius 1 is 1.37 bits per heavy atom. The Morgan fingerprint density at radius 2 is 2.16 bits per heavy atom. The average molecular weight is 256 g/mol. The number of hydrogen-bond acceptors (Lipinski definition) is 1. The lowest BCUT2D eigenvalue weighted by Gasteiger charge is -2.28. The Morgan fingerprint density at radius 3 is 2.89 bits per heavy atom. The second kappa shape index (κ2) is 4.41. The molecule has 1 aromatic heterocycles. The molecule has 1 aliphatic rings. The summed E-state index contributed by atoms with van der Waals surface area (Å²) in [6.45, 7) is 7.61. The summed E-state index contributed by atoms with van der Waals surface area (Å²) in [5.41, 5.74) is 5.08. The highest BCUT2D eigenvalue weighted by atomic mass is 16.2. The Balaban J connectivity index is 1.98. The maximum Gasteiger partial charge on any atom is 0.225 e.